The summed E-state index contributed by atoms with van der Waals surface area (Å²) in [6.45, 7) is 2.29. The van der Waals surface area contributed by atoms with Crippen LogP contribution in [-0.4, -0.2) is 23.2 Å². The van der Waals surface area contributed by atoms with Crippen LogP contribution in [0, 0.1) is 6.92 Å². The first-order valence-corrected chi connectivity index (χ1v) is 7.04. The maximum absolute atomic E-state index is 10.7. The van der Waals surface area contributed by atoms with E-state index in [1.54, 1.807) is 42.8 Å². The van der Waals surface area contributed by atoms with Gasteiger partial charge in [0.1, 0.15) is 6.61 Å². The van der Waals surface area contributed by atoms with Crippen LogP contribution in [0.3, 0.4) is 0 Å². The Hall–Kier alpha value is -2.34. The highest BCUT2D eigenvalue weighted by molar-refractivity contribution is 7.11. The van der Waals surface area contributed by atoms with E-state index in [9.17, 15) is 4.79 Å². The van der Waals surface area contributed by atoms with E-state index in [0.29, 0.717) is 23.7 Å². The number of hydrogen-bond donors (Lipinski definition) is 1. The normalized spacial score (nSPS) is 10.8. The Morgan fingerprint density at radius 3 is 2.90 bits per heavy atom. The van der Waals surface area contributed by atoms with Crippen molar-refractivity contribution in [3.63, 3.8) is 0 Å². The lowest BCUT2D eigenvalue weighted by atomic mass is 10.1. The lowest BCUT2D eigenvalue weighted by Crippen LogP contribution is -1.98. The van der Waals surface area contributed by atoms with Crippen LogP contribution < -0.4 is 9.47 Å². The number of rotatable bonds is 6. The van der Waals surface area contributed by atoms with Gasteiger partial charge in [-0.1, -0.05) is 12.1 Å². The number of ether oxygens (including phenoxy) is 2. The zero-order valence-corrected chi connectivity index (χ0v) is 12.5. The van der Waals surface area contributed by atoms with Gasteiger partial charge in [-0.3, -0.25) is 0 Å². The molecular weight excluding hydrogens is 290 g/mol. The summed E-state index contributed by atoms with van der Waals surface area (Å²) in [4.78, 5) is 15.8. The van der Waals surface area contributed by atoms with Gasteiger partial charge in [0.05, 0.1) is 17.0 Å². The summed E-state index contributed by atoms with van der Waals surface area (Å²) in [5, 5.41) is 9.71. The first-order chi connectivity index (χ1) is 10.1. The summed E-state index contributed by atoms with van der Waals surface area (Å²) in [5.74, 6) is 0.0641. The van der Waals surface area contributed by atoms with E-state index in [1.807, 2.05) is 6.92 Å². The van der Waals surface area contributed by atoms with Crippen LogP contribution in [0.25, 0.3) is 6.08 Å². The van der Waals surface area contributed by atoms with Gasteiger partial charge in [0.2, 0.25) is 0 Å². The third-order valence-electron chi connectivity index (χ3n) is 2.66. The van der Waals surface area contributed by atoms with Crippen LogP contribution in [0.2, 0.25) is 0 Å². The van der Waals surface area contributed by atoms with E-state index in [2.05, 4.69) is 4.98 Å². The van der Waals surface area contributed by atoms with Crippen molar-refractivity contribution in [3.8, 4) is 11.5 Å². The smallest absolute Gasteiger partial charge is 0.328 e. The second kappa shape index (κ2) is 6.90. The maximum Gasteiger partial charge on any atom is 0.328 e. The number of para-hydroxylation sites is 1. The molecule has 0 spiro atoms. The molecule has 0 aliphatic heterocycles. The van der Waals surface area contributed by atoms with Crippen molar-refractivity contribution >= 4 is 23.4 Å². The van der Waals surface area contributed by atoms with Crippen molar-refractivity contribution in [2.24, 2.45) is 0 Å². The molecule has 0 saturated heterocycles. The highest BCUT2D eigenvalue weighted by Crippen LogP contribution is 2.33. The first-order valence-electron chi connectivity index (χ1n) is 6.22. The summed E-state index contributed by atoms with van der Waals surface area (Å²) in [7, 11) is 1.55. The van der Waals surface area contributed by atoms with Gasteiger partial charge >= 0.3 is 5.97 Å². The number of methoxy groups -OCH3 is 1. The van der Waals surface area contributed by atoms with Crippen LogP contribution in [0.4, 0.5) is 0 Å². The number of benzene rings is 1. The van der Waals surface area contributed by atoms with Gasteiger partial charge in [-0.25, -0.2) is 9.78 Å². The molecule has 0 bridgehead atoms. The van der Waals surface area contributed by atoms with Crippen molar-refractivity contribution in [1.82, 2.24) is 4.98 Å². The van der Waals surface area contributed by atoms with Gasteiger partial charge in [-0.05, 0) is 19.1 Å². The van der Waals surface area contributed by atoms with Gasteiger partial charge in [0.15, 0.2) is 11.5 Å². The molecule has 110 valence electrons. The fourth-order valence-corrected chi connectivity index (χ4v) is 2.46. The number of aromatic nitrogens is 1. The second-order valence-electron chi connectivity index (χ2n) is 4.18. The summed E-state index contributed by atoms with van der Waals surface area (Å²) in [5.41, 5.74) is 0.651. The predicted molar refractivity (Wildman–Crippen MR) is 80.8 cm³/mol. The molecule has 0 saturated carbocycles. The van der Waals surface area contributed by atoms with Crippen molar-refractivity contribution in [1.29, 1.82) is 0 Å². The molecule has 0 amide bonds. The summed E-state index contributed by atoms with van der Waals surface area (Å²) in [6, 6.07) is 5.32. The Labute approximate surface area is 126 Å². The highest BCUT2D eigenvalue weighted by Gasteiger charge is 2.10. The number of carbonyl (C=O) groups is 1. The number of thiazole rings is 1. The van der Waals surface area contributed by atoms with E-state index in [0.717, 1.165) is 16.0 Å². The average Bonchev–Trinajstić information content (AvgIpc) is 2.88. The highest BCUT2D eigenvalue weighted by atomic mass is 32.1. The number of nitrogens with zero attached hydrogens (tertiary/aromatic N) is 1. The van der Waals surface area contributed by atoms with E-state index in [1.165, 1.54) is 6.08 Å². The molecule has 0 aliphatic rings. The first kappa shape index (κ1) is 15.1. The zero-order valence-electron chi connectivity index (χ0n) is 11.7. The molecule has 2 rings (SSSR count). The molecule has 1 aromatic carbocycles. The topological polar surface area (TPSA) is 68.7 Å². The molecule has 2 aromatic rings. The Balaban J connectivity index is 2.24. The van der Waals surface area contributed by atoms with Crippen molar-refractivity contribution in [2.75, 3.05) is 7.11 Å². The van der Waals surface area contributed by atoms with Gasteiger partial charge in [-0.2, -0.15) is 0 Å². The van der Waals surface area contributed by atoms with Crippen LogP contribution in [0.1, 0.15) is 15.4 Å². The largest absolute Gasteiger partial charge is 0.493 e. The third-order valence-corrected chi connectivity index (χ3v) is 3.55. The fraction of sp³-hybridized carbons (Fsp3) is 0.200. The van der Waals surface area contributed by atoms with E-state index in [-0.39, 0.29) is 0 Å². The van der Waals surface area contributed by atoms with Crippen LogP contribution >= 0.6 is 11.3 Å². The van der Waals surface area contributed by atoms with Crippen molar-refractivity contribution in [2.45, 2.75) is 13.5 Å². The minimum absolute atomic E-state index is 0.361. The molecule has 1 heterocycles. The molecule has 1 N–H and O–H groups in total. The summed E-state index contributed by atoms with van der Waals surface area (Å²) in [6.07, 6.45) is 4.32. The lowest BCUT2D eigenvalue weighted by Gasteiger charge is -2.12. The average molecular weight is 305 g/mol. The quantitative estimate of drug-likeness (QED) is 0.830. The third kappa shape index (κ3) is 4.06. The molecule has 6 heteroatoms. The van der Waals surface area contributed by atoms with E-state index < -0.39 is 5.97 Å². The minimum atomic E-state index is -1.01. The zero-order chi connectivity index (χ0) is 15.2. The summed E-state index contributed by atoms with van der Waals surface area (Å²) >= 11 is 1.56. The Morgan fingerprint density at radius 1 is 1.48 bits per heavy atom. The second-order valence-corrected chi connectivity index (χ2v) is 5.50. The van der Waals surface area contributed by atoms with Crippen molar-refractivity contribution < 1.29 is 19.4 Å². The lowest BCUT2D eigenvalue weighted by molar-refractivity contribution is -0.131. The van der Waals surface area contributed by atoms with Gasteiger partial charge in [0.25, 0.3) is 0 Å². The van der Waals surface area contributed by atoms with Crippen molar-refractivity contribution in [3.05, 3.63) is 45.9 Å². The Bertz CT molecular complexity index is 663. The predicted octanol–water partition coefficient (Wildman–Crippen LogP) is 3.14. The van der Waals surface area contributed by atoms with Crippen LogP contribution in [0.15, 0.2) is 30.5 Å². The standard InChI is InChI=1S/C15H15NO4S/c1-10-16-8-12(21-10)9-20-15-11(6-7-14(17)18)4-3-5-13(15)19-2/h3-8H,9H2,1-2H3,(H,17,18). The molecule has 0 radical (unpaired) electrons. The van der Waals surface area contributed by atoms with Crippen LogP contribution in [-0.2, 0) is 11.4 Å². The molecular formula is C15H15NO4S. The number of aryl methyl sites for hydroxylation is 1. The van der Waals surface area contributed by atoms with E-state index >= 15 is 0 Å². The molecule has 5 nitrogen and oxygen atoms in total. The summed E-state index contributed by atoms with van der Waals surface area (Å²) < 4.78 is 11.1. The Kier molecular flexibility index (Phi) is 4.94. The SMILES string of the molecule is COc1cccc(C=CC(=O)O)c1OCc1cnc(C)s1. The number of aliphatic carboxylic acids is 1. The number of carboxylic acid groups (broad SMARTS) is 1. The molecule has 0 unspecified atom stereocenters. The Morgan fingerprint density at radius 2 is 2.29 bits per heavy atom. The molecule has 1 aromatic heterocycles. The molecule has 0 aliphatic carbocycles. The van der Waals surface area contributed by atoms with Crippen LogP contribution in [0.5, 0.6) is 11.5 Å². The molecule has 0 atom stereocenters. The van der Waals surface area contributed by atoms with Gasteiger partial charge in [-0.15, -0.1) is 11.3 Å². The van der Waals surface area contributed by atoms with Gasteiger partial charge in [0, 0.05) is 17.8 Å². The van der Waals surface area contributed by atoms with Gasteiger partial charge < -0.3 is 14.6 Å². The maximum atomic E-state index is 10.7. The fourth-order valence-electron chi connectivity index (χ4n) is 1.76. The molecule has 0 fully saturated rings. The molecule has 21 heavy (non-hydrogen) atoms. The number of carboxylic acids is 1. The van der Waals surface area contributed by atoms with E-state index in [4.69, 9.17) is 14.6 Å². The number of hydrogen-bond acceptors (Lipinski definition) is 5. The monoisotopic (exact) mass is 305 g/mol. The minimum Gasteiger partial charge on any atom is -0.493 e.